The number of rotatable bonds is 5. The van der Waals surface area contributed by atoms with Crippen molar-refractivity contribution in [1.82, 2.24) is 9.97 Å². The van der Waals surface area contributed by atoms with Gasteiger partial charge >= 0.3 is 0 Å². The van der Waals surface area contributed by atoms with Gasteiger partial charge in [-0.15, -0.1) is 0 Å². The SMILES string of the molecule is CC(C)(COc1ccc(Cl)cc1)C(=O)c1cncnc1. The van der Waals surface area contributed by atoms with E-state index >= 15 is 0 Å². The number of carbonyl (C=O) groups excluding carboxylic acids is 1. The highest BCUT2D eigenvalue weighted by Gasteiger charge is 2.30. The van der Waals surface area contributed by atoms with Crippen molar-refractivity contribution in [2.45, 2.75) is 13.8 Å². The Morgan fingerprint density at radius 3 is 2.40 bits per heavy atom. The normalized spacial score (nSPS) is 11.2. The van der Waals surface area contributed by atoms with E-state index in [0.717, 1.165) is 0 Å². The number of nitrogens with zero attached hydrogens (tertiary/aromatic N) is 2. The number of halogens is 1. The van der Waals surface area contributed by atoms with Gasteiger partial charge in [-0.2, -0.15) is 0 Å². The highest BCUT2D eigenvalue weighted by atomic mass is 35.5. The third kappa shape index (κ3) is 3.54. The Kier molecular flexibility index (Phi) is 4.35. The third-order valence-electron chi connectivity index (χ3n) is 2.85. The van der Waals surface area contributed by atoms with Gasteiger partial charge in [-0.05, 0) is 38.1 Å². The molecule has 0 atom stereocenters. The molecule has 104 valence electrons. The number of hydrogen-bond acceptors (Lipinski definition) is 4. The molecule has 0 aliphatic heterocycles. The summed E-state index contributed by atoms with van der Waals surface area (Å²) in [6, 6.07) is 7.04. The Balaban J connectivity index is 2.03. The maximum absolute atomic E-state index is 12.4. The van der Waals surface area contributed by atoms with Gasteiger partial charge in [-0.1, -0.05) is 11.6 Å². The molecule has 20 heavy (non-hydrogen) atoms. The Morgan fingerprint density at radius 1 is 1.20 bits per heavy atom. The van der Waals surface area contributed by atoms with Gasteiger partial charge in [0.05, 0.1) is 11.0 Å². The monoisotopic (exact) mass is 290 g/mol. The lowest BCUT2D eigenvalue weighted by atomic mass is 9.86. The Labute approximate surface area is 122 Å². The molecule has 0 saturated carbocycles. The number of benzene rings is 1. The number of ketones is 1. The second kappa shape index (κ2) is 6.01. The molecule has 2 aromatic rings. The number of ether oxygens (including phenoxy) is 1. The average molecular weight is 291 g/mol. The van der Waals surface area contributed by atoms with Crippen LogP contribution in [0.15, 0.2) is 43.0 Å². The molecular weight excluding hydrogens is 276 g/mol. The van der Waals surface area contributed by atoms with Gasteiger partial charge in [0.25, 0.3) is 0 Å². The molecular formula is C15H15ClN2O2. The molecule has 5 heteroatoms. The van der Waals surface area contributed by atoms with Gasteiger partial charge in [-0.25, -0.2) is 9.97 Å². The molecule has 4 nitrogen and oxygen atoms in total. The van der Waals surface area contributed by atoms with Crippen LogP contribution < -0.4 is 4.74 Å². The summed E-state index contributed by atoms with van der Waals surface area (Å²) in [5.41, 5.74) is -0.179. The Morgan fingerprint density at radius 2 is 1.80 bits per heavy atom. The fraction of sp³-hybridized carbons (Fsp3) is 0.267. The molecule has 2 rings (SSSR count). The van der Waals surface area contributed by atoms with Gasteiger partial charge in [0.1, 0.15) is 18.7 Å². The van der Waals surface area contributed by atoms with Crippen LogP contribution in [0.1, 0.15) is 24.2 Å². The van der Waals surface area contributed by atoms with Crippen molar-refractivity contribution in [3.05, 3.63) is 53.6 Å². The molecule has 0 bridgehead atoms. The first-order chi connectivity index (χ1) is 9.49. The number of hydrogen-bond donors (Lipinski definition) is 0. The molecule has 0 N–H and O–H groups in total. The van der Waals surface area contributed by atoms with Crippen LogP contribution in [0.25, 0.3) is 0 Å². The smallest absolute Gasteiger partial charge is 0.174 e. The van der Waals surface area contributed by atoms with Gasteiger partial charge in [-0.3, -0.25) is 4.79 Å². The van der Waals surface area contributed by atoms with E-state index in [-0.39, 0.29) is 12.4 Å². The lowest BCUT2D eigenvalue weighted by molar-refractivity contribution is 0.0750. The zero-order valence-corrected chi connectivity index (χ0v) is 12.1. The quantitative estimate of drug-likeness (QED) is 0.792. The van der Waals surface area contributed by atoms with Crippen molar-refractivity contribution in [3.8, 4) is 5.75 Å². The molecule has 1 aromatic carbocycles. The molecule has 0 radical (unpaired) electrons. The second-order valence-electron chi connectivity index (χ2n) is 5.08. The number of Topliss-reactive ketones (excluding diaryl/α,β-unsaturated/α-hetero) is 1. The summed E-state index contributed by atoms with van der Waals surface area (Å²) < 4.78 is 5.65. The summed E-state index contributed by atoms with van der Waals surface area (Å²) in [5.74, 6) is 0.631. The first-order valence-electron chi connectivity index (χ1n) is 6.17. The minimum Gasteiger partial charge on any atom is -0.493 e. The van der Waals surface area contributed by atoms with Crippen LogP contribution in [-0.4, -0.2) is 22.4 Å². The van der Waals surface area contributed by atoms with Crippen molar-refractivity contribution < 1.29 is 9.53 Å². The fourth-order valence-electron chi connectivity index (χ4n) is 1.67. The Bertz CT molecular complexity index is 583. The molecule has 0 aliphatic rings. The number of aromatic nitrogens is 2. The van der Waals surface area contributed by atoms with E-state index in [1.54, 1.807) is 24.3 Å². The van der Waals surface area contributed by atoms with Gasteiger partial charge in [0.15, 0.2) is 5.78 Å². The van der Waals surface area contributed by atoms with Crippen LogP contribution in [0, 0.1) is 5.41 Å². The van der Waals surface area contributed by atoms with Crippen molar-refractivity contribution in [3.63, 3.8) is 0 Å². The second-order valence-corrected chi connectivity index (χ2v) is 5.52. The topological polar surface area (TPSA) is 52.1 Å². The van der Waals surface area contributed by atoms with E-state index in [9.17, 15) is 4.79 Å². The standard InChI is InChI=1S/C15H15ClN2O2/c1-15(2,14(19)11-7-17-10-18-8-11)9-20-13-5-3-12(16)4-6-13/h3-8,10H,9H2,1-2H3. The lowest BCUT2D eigenvalue weighted by Gasteiger charge is -2.23. The summed E-state index contributed by atoms with van der Waals surface area (Å²) in [6.45, 7) is 3.93. The van der Waals surface area contributed by atoms with E-state index < -0.39 is 5.41 Å². The highest BCUT2D eigenvalue weighted by molar-refractivity contribution is 6.30. The minimum absolute atomic E-state index is 0.0490. The van der Waals surface area contributed by atoms with Gasteiger partial charge in [0.2, 0.25) is 0 Å². The highest BCUT2D eigenvalue weighted by Crippen LogP contribution is 2.24. The molecule has 1 aromatic heterocycles. The van der Waals surface area contributed by atoms with E-state index in [1.807, 2.05) is 13.8 Å². The van der Waals surface area contributed by atoms with Crippen LogP contribution in [0.3, 0.4) is 0 Å². The van der Waals surface area contributed by atoms with E-state index in [4.69, 9.17) is 16.3 Å². The summed E-state index contributed by atoms with van der Waals surface area (Å²) in [7, 11) is 0. The maximum atomic E-state index is 12.4. The van der Waals surface area contributed by atoms with Crippen molar-refractivity contribution in [2.24, 2.45) is 5.41 Å². The number of carbonyl (C=O) groups is 1. The zero-order chi connectivity index (χ0) is 14.6. The summed E-state index contributed by atoms with van der Waals surface area (Å²) in [5, 5.41) is 0.647. The van der Waals surface area contributed by atoms with Crippen LogP contribution >= 0.6 is 11.6 Å². The first kappa shape index (κ1) is 14.5. The molecule has 0 amide bonds. The zero-order valence-electron chi connectivity index (χ0n) is 11.3. The van der Waals surface area contributed by atoms with Gasteiger partial charge < -0.3 is 4.74 Å². The molecule has 0 saturated heterocycles. The first-order valence-corrected chi connectivity index (χ1v) is 6.55. The predicted molar refractivity (Wildman–Crippen MR) is 77.1 cm³/mol. The summed E-state index contributed by atoms with van der Waals surface area (Å²) in [4.78, 5) is 20.1. The average Bonchev–Trinajstić information content (AvgIpc) is 2.47. The summed E-state index contributed by atoms with van der Waals surface area (Å²) >= 11 is 5.81. The third-order valence-corrected chi connectivity index (χ3v) is 3.10. The molecule has 0 unspecified atom stereocenters. The van der Waals surface area contributed by atoms with Crippen LogP contribution in [-0.2, 0) is 0 Å². The lowest BCUT2D eigenvalue weighted by Crippen LogP contribution is -2.31. The summed E-state index contributed by atoms with van der Waals surface area (Å²) in [6.07, 6.45) is 4.42. The largest absolute Gasteiger partial charge is 0.493 e. The Hall–Kier alpha value is -1.94. The van der Waals surface area contributed by atoms with E-state index in [1.165, 1.54) is 18.7 Å². The van der Waals surface area contributed by atoms with Crippen LogP contribution in [0.5, 0.6) is 5.75 Å². The van der Waals surface area contributed by atoms with Crippen LogP contribution in [0.2, 0.25) is 5.02 Å². The molecule has 0 aliphatic carbocycles. The van der Waals surface area contributed by atoms with Crippen molar-refractivity contribution in [1.29, 1.82) is 0 Å². The minimum atomic E-state index is -0.662. The molecule has 1 heterocycles. The van der Waals surface area contributed by atoms with Crippen molar-refractivity contribution in [2.75, 3.05) is 6.61 Å². The molecule has 0 fully saturated rings. The predicted octanol–water partition coefficient (Wildman–Crippen LogP) is 3.42. The van der Waals surface area contributed by atoms with E-state index in [2.05, 4.69) is 9.97 Å². The molecule has 0 spiro atoms. The van der Waals surface area contributed by atoms with E-state index in [0.29, 0.717) is 16.3 Å². The van der Waals surface area contributed by atoms with Crippen molar-refractivity contribution >= 4 is 17.4 Å². The van der Waals surface area contributed by atoms with Crippen LogP contribution in [0.4, 0.5) is 0 Å². The van der Waals surface area contributed by atoms with Gasteiger partial charge in [0, 0.05) is 17.4 Å². The fourth-order valence-corrected chi connectivity index (χ4v) is 1.79. The maximum Gasteiger partial charge on any atom is 0.174 e.